The van der Waals surface area contributed by atoms with Gasteiger partial charge in [-0.25, -0.2) is 9.13 Å². The molecule has 574 valence electrons. The van der Waals surface area contributed by atoms with Gasteiger partial charge >= 0.3 is 39.5 Å². The minimum Gasteiger partial charge on any atom is -0.462 e. The van der Waals surface area contributed by atoms with Gasteiger partial charge in [-0.1, -0.05) is 265 Å². The normalized spacial score (nSPS) is 14.6. The standard InChI is InChI=1S/C81H138O17P2/c1-5-9-13-17-21-25-29-31-33-35-37-39-41-43-47-50-54-58-62-66-79(84)92-72-77(98-81(86)68-64-60-56-52-48-44-42-40-38-36-34-32-30-26-22-18-14-10-6-2)74-96-100(89,90)94-70-75(82)69-93-99(87,88)95-73-76(97-80(85)67-63-59-55-51-46-28-24-20-16-12-8-4)71-91-78(83)65-61-57-53-49-45-27-23-19-15-11-7-3/h9-10,13-14,19-26,31-34,37-40,75-77,82H,5-8,11-12,15-18,27-30,35-36,41-74H2,1-4H3,(H,87,88)(H,89,90)/b13-9-,14-10-,23-19-,24-20-,25-21-,26-22-,33-31-,34-32-,39-37-,40-38-. The lowest BCUT2D eigenvalue weighted by Crippen LogP contribution is -2.30. The second-order valence-corrected chi connectivity index (χ2v) is 28.4. The molecule has 0 aliphatic heterocycles. The van der Waals surface area contributed by atoms with E-state index in [2.05, 4.69) is 149 Å². The van der Waals surface area contributed by atoms with E-state index in [1.54, 1.807) is 0 Å². The molecule has 0 aromatic carbocycles. The van der Waals surface area contributed by atoms with Gasteiger partial charge in [0.25, 0.3) is 0 Å². The van der Waals surface area contributed by atoms with Crippen LogP contribution in [-0.2, 0) is 65.4 Å². The third-order valence-electron chi connectivity index (χ3n) is 15.9. The highest BCUT2D eigenvalue weighted by Crippen LogP contribution is 2.45. The van der Waals surface area contributed by atoms with Gasteiger partial charge in [0, 0.05) is 25.7 Å². The maximum absolute atomic E-state index is 13.1. The molecule has 0 amide bonds. The molecule has 3 N–H and O–H groups in total. The lowest BCUT2D eigenvalue weighted by Gasteiger charge is -2.21. The lowest BCUT2D eigenvalue weighted by atomic mass is 10.1. The SMILES string of the molecule is CC/C=C\C/C=C\C/C=C\C/C=C\CCCCCCCCC(=O)OCC(COP(=O)(O)OCC(O)COP(=O)(O)OCC(COC(=O)CCCCCCC/C=C\CCCC)OC(=O)CCCCCCC/C=C\CCCC)OC(=O)CCCCCCCC/C=C\C/C=C\C/C=C\C/C=C\CC. The van der Waals surface area contributed by atoms with Crippen LogP contribution in [-0.4, -0.2) is 96.7 Å². The molecule has 100 heavy (non-hydrogen) atoms. The van der Waals surface area contributed by atoms with Crippen LogP contribution in [0.15, 0.2) is 122 Å². The van der Waals surface area contributed by atoms with Crippen LogP contribution in [0.3, 0.4) is 0 Å². The Morgan fingerprint density at radius 3 is 0.810 bits per heavy atom. The van der Waals surface area contributed by atoms with Gasteiger partial charge in [0.15, 0.2) is 12.2 Å². The number of ether oxygens (including phenoxy) is 4. The molecule has 0 saturated carbocycles. The summed E-state index contributed by atoms with van der Waals surface area (Å²) >= 11 is 0. The van der Waals surface area contributed by atoms with Gasteiger partial charge in [-0.2, -0.15) is 0 Å². The molecule has 17 nitrogen and oxygen atoms in total. The van der Waals surface area contributed by atoms with E-state index in [0.29, 0.717) is 25.7 Å². The summed E-state index contributed by atoms with van der Waals surface area (Å²) in [6.07, 6.45) is 79.1. The number of phosphoric ester groups is 2. The number of carbonyl (C=O) groups excluding carboxylic acids is 4. The molecular formula is C81H138O17P2. The van der Waals surface area contributed by atoms with Crippen molar-refractivity contribution in [3.63, 3.8) is 0 Å². The Morgan fingerprint density at radius 1 is 0.290 bits per heavy atom. The van der Waals surface area contributed by atoms with Crippen LogP contribution >= 0.6 is 15.6 Å². The van der Waals surface area contributed by atoms with Crippen molar-refractivity contribution in [1.82, 2.24) is 0 Å². The summed E-state index contributed by atoms with van der Waals surface area (Å²) in [4.78, 5) is 72.8. The molecule has 5 atom stereocenters. The number of hydrogen-bond acceptors (Lipinski definition) is 15. The number of rotatable bonds is 72. The number of hydrogen-bond donors (Lipinski definition) is 3. The zero-order valence-electron chi connectivity index (χ0n) is 62.6. The Hall–Kier alpha value is -4.54. The second kappa shape index (κ2) is 72.8. The van der Waals surface area contributed by atoms with Crippen LogP contribution in [0.25, 0.3) is 0 Å². The predicted octanol–water partition coefficient (Wildman–Crippen LogP) is 22.3. The smallest absolute Gasteiger partial charge is 0.462 e. The van der Waals surface area contributed by atoms with Crippen LogP contribution in [0.5, 0.6) is 0 Å². The average Bonchev–Trinajstić information content (AvgIpc) is 1.06. The summed E-state index contributed by atoms with van der Waals surface area (Å²) < 4.78 is 68.4. The first kappa shape index (κ1) is 95.5. The number of phosphoric acid groups is 2. The Kier molecular flexibility index (Phi) is 69.5. The minimum atomic E-state index is -4.99. The highest BCUT2D eigenvalue weighted by molar-refractivity contribution is 7.47. The van der Waals surface area contributed by atoms with Crippen LogP contribution in [0.1, 0.15) is 310 Å². The summed E-state index contributed by atoms with van der Waals surface area (Å²) in [5, 5.41) is 10.6. The van der Waals surface area contributed by atoms with Crippen molar-refractivity contribution in [3.05, 3.63) is 122 Å². The molecule has 0 rings (SSSR count). The van der Waals surface area contributed by atoms with Crippen LogP contribution in [0.4, 0.5) is 0 Å². The maximum atomic E-state index is 13.1. The molecule has 0 fully saturated rings. The molecule has 0 heterocycles. The van der Waals surface area contributed by atoms with Gasteiger partial charge < -0.3 is 33.8 Å². The number of esters is 4. The zero-order chi connectivity index (χ0) is 73.2. The second-order valence-electron chi connectivity index (χ2n) is 25.5. The zero-order valence-corrected chi connectivity index (χ0v) is 64.4. The summed E-state index contributed by atoms with van der Waals surface area (Å²) in [7, 11) is -9.96. The molecule has 0 spiro atoms. The first-order valence-corrected chi connectivity index (χ1v) is 41.8. The van der Waals surface area contributed by atoms with Crippen molar-refractivity contribution in [3.8, 4) is 0 Å². The molecule has 0 aromatic heterocycles. The van der Waals surface area contributed by atoms with E-state index in [9.17, 15) is 43.2 Å². The summed E-state index contributed by atoms with van der Waals surface area (Å²) in [6, 6.07) is 0. The quantitative estimate of drug-likeness (QED) is 0.0169. The molecule has 0 saturated heterocycles. The fourth-order valence-corrected chi connectivity index (χ4v) is 11.6. The van der Waals surface area contributed by atoms with E-state index in [0.717, 1.165) is 205 Å². The third-order valence-corrected chi connectivity index (χ3v) is 17.8. The summed E-state index contributed by atoms with van der Waals surface area (Å²) in [5.74, 6) is -2.22. The van der Waals surface area contributed by atoms with E-state index in [1.807, 2.05) is 0 Å². The molecule has 0 aliphatic carbocycles. The van der Waals surface area contributed by atoms with Crippen LogP contribution < -0.4 is 0 Å². The van der Waals surface area contributed by atoms with Crippen LogP contribution in [0, 0.1) is 0 Å². The molecular weight excluding hydrogens is 1310 g/mol. The fraction of sp³-hybridized carbons (Fsp3) is 0.704. The van der Waals surface area contributed by atoms with E-state index in [4.69, 9.17) is 37.0 Å². The third kappa shape index (κ3) is 71.8. The Bertz CT molecular complexity index is 2370. The average molecular weight is 1450 g/mol. The number of aliphatic hydroxyl groups is 1. The number of aliphatic hydroxyl groups excluding tert-OH is 1. The van der Waals surface area contributed by atoms with E-state index in [-0.39, 0.29) is 25.7 Å². The van der Waals surface area contributed by atoms with Crippen molar-refractivity contribution in [2.75, 3.05) is 39.6 Å². The monoisotopic (exact) mass is 1440 g/mol. The highest BCUT2D eigenvalue weighted by Gasteiger charge is 2.30. The van der Waals surface area contributed by atoms with Crippen molar-refractivity contribution < 1.29 is 80.2 Å². The molecule has 0 aliphatic rings. The largest absolute Gasteiger partial charge is 0.472 e. The van der Waals surface area contributed by atoms with Crippen molar-refractivity contribution in [2.45, 2.75) is 329 Å². The summed E-state index contributed by atoms with van der Waals surface area (Å²) in [5.41, 5.74) is 0. The number of allylic oxidation sites excluding steroid dienone is 20. The van der Waals surface area contributed by atoms with E-state index in [1.165, 1.54) is 25.7 Å². The van der Waals surface area contributed by atoms with Gasteiger partial charge in [0.05, 0.1) is 26.4 Å². The van der Waals surface area contributed by atoms with E-state index >= 15 is 0 Å². The first-order valence-electron chi connectivity index (χ1n) is 38.8. The van der Waals surface area contributed by atoms with Gasteiger partial charge in [0.1, 0.15) is 19.3 Å². The molecule has 0 bridgehead atoms. The predicted molar refractivity (Wildman–Crippen MR) is 408 cm³/mol. The van der Waals surface area contributed by atoms with Gasteiger partial charge in [0.2, 0.25) is 0 Å². The highest BCUT2D eigenvalue weighted by atomic mass is 31.2. The topological polar surface area (TPSA) is 237 Å². The minimum absolute atomic E-state index is 0.0726. The maximum Gasteiger partial charge on any atom is 0.472 e. The summed E-state index contributed by atoms with van der Waals surface area (Å²) in [6.45, 7) is 4.52. The Morgan fingerprint density at radius 2 is 0.520 bits per heavy atom. The first-order chi connectivity index (χ1) is 48.7. The Balaban J connectivity index is 5.35. The fourth-order valence-electron chi connectivity index (χ4n) is 9.99. The molecule has 5 unspecified atom stereocenters. The Labute approximate surface area is 606 Å². The van der Waals surface area contributed by atoms with Crippen LogP contribution in [0.2, 0.25) is 0 Å². The van der Waals surface area contributed by atoms with Crippen molar-refractivity contribution in [2.24, 2.45) is 0 Å². The lowest BCUT2D eigenvalue weighted by molar-refractivity contribution is -0.161. The van der Waals surface area contributed by atoms with Crippen molar-refractivity contribution in [1.29, 1.82) is 0 Å². The van der Waals surface area contributed by atoms with Gasteiger partial charge in [-0.3, -0.25) is 37.3 Å². The van der Waals surface area contributed by atoms with E-state index < -0.39 is 97.5 Å². The van der Waals surface area contributed by atoms with Crippen molar-refractivity contribution >= 4 is 39.5 Å². The number of unbranched alkanes of at least 4 members (excludes halogenated alkanes) is 26. The van der Waals surface area contributed by atoms with Gasteiger partial charge in [-0.05, 0) is 141 Å². The molecule has 0 aromatic rings. The molecule has 19 heteroatoms. The molecule has 0 radical (unpaired) electrons. The number of carbonyl (C=O) groups is 4. The van der Waals surface area contributed by atoms with Gasteiger partial charge in [-0.15, -0.1) is 0 Å².